The van der Waals surface area contributed by atoms with Crippen LogP contribution in [0.15, 0.2) is 29.5 Å². The van der Waals surface area contributed by atoms with Gasteiger partial charge in [0.05, 0.1) is 23.3 Å². The number of rotatable bonds is 4. The molecule has 0 N–H and O–H groups in total. The molecule has 0 aromatic carbocycles. The highest BCUT2D eigenvalue weighted by Gasteiger charge is 2.28. The number of halogens is 1. The van der Waals surface area contributed by atoms with Gasteiger partial charge in [-0.1, -0.05) is 0 Å². The SMILES string of the molecule is Brc1cnn(C2CN(CCn3cncn3)C2)c1. The van der Waals surface area contributed by atoms with E-state index in [1.807, 2.05) is 21.8 Å². The molecule has 17 heavy (non-hydrogen) atoms. The van der Waals surface area contributed by atoms with Crippen LogP contribution in [0.25, 0.3) is 0 Å². The van der Waals surface area contributed by atoms with Crippen LogP contribution in [0.4, 0.5) is 0 Å². The smallest absolute Gasteiger partial charge is 0.137 e. The van der Waals surface area contributed by atoms with Crippen molar-refractivity contribution in [2.45, 2.75) is 12.6 Å². The van der Waals surface area contributed by atoms with E-state index in [1.54, 1.807) is 12.7 Å². The van der Waals surface area contributed by atoms with Gasteiger partial charge in [0.25, 0.3) is 0 Å². The lowest BCUT2D eigenvalue weighted by molar-refractivity contribution is 0.0933. The molecule has 0 unspecified atom stereocenters. The Balaban J connectivity index is 1.45. The van der Waals surface area contributed by atoms with E-state index in [-0.39, 0.29) is 0 Å². The zero-order valence-electron chi connectivity index (χ0n) is 9.28. The molecule has 6 nitrogen and oxygen atoms in total. The minimum Gasteiger partial charge on any atom is -0.297 e. The Hall–Kier alpha value is -1.21. The molecule has 0 amide bonds. The fourth-order valence-corrected chi connectivity index (χ4v) is 2.30. The van der Waals surface area contributed by atoms with E-state index in [2.05, 4.69) is 36.0 Å². The van der Waals surface area contributed by atoms with Crippen molar-refractivity contribution in [3.05, 3.63) is 29.5 Å². The second kappa shape index (κ2) is 4.58. The summed E-state index contributed by atoms with van der Waals surface area (Å²) in [7, 11) is 0. The van der Waals surface area contributed by atoms with Crippen molar-refractivity contribution in [1.29, 1.82) is 0 Å². The van der Waals surface area contributed by atoms with Gasteiger partial charge in [-0.25, -0.2) is 4.98 Å². The molecule has 0 saturated carbocycles. The van der Waals surface area contributed by atoms with Crippen molar-refractivity contribution in [3.63, 3.8) is 0 Å². The minimum absolute atomic E-state index is 0.511. The average Bonchev–Trinajstić information content (AvgIpc) is 2.87. The van der Waals surface area contributed by atoms with Gasteiger partial charge in [-0.05, 0) is 15.9 Å². The fraction of sp³-hybridized carbons (Fsp3) is 0.500. The van der Waals surface area contributed by atoms with E-state index >= 15 is 0 Å². The molecule has 1 saturated heterocycles. The molecule has 1 aliphatic rings. The van der Waals surface area contributed by atoms with E-state index < -0.39 is 0 Å². The van der Waals surface area contributed by atoms with Crippen LogP contribution in [0.5, 0.6) is 0 Å². The minimum atomic E-state index is 0.511. The normalized spacial score (nSPS) is 17.2. The van der Waals surface area contributed by atoms with Crippen LogP contribution >= 0.6 is 15.9 Å². The van der Waals surface area contributed by atoms with Gasteiger partial charge in [-0.2, -0.15) is 10.2 Å². The molecule has 2 aromatic rings. The van der Waals surface area contributed by atoms with Crippen LogP contribution in [0.2, 0.25) is 0 Å². The highest BCUT2D eigenvalue weighted by molar-refractivity contribution is 9.10. The third kappa shape index (κ3) is 2.39. The van der Waals surface area contributed by atoms with Gasteiger partial charge in [-0.15, -0.1) is 0 Å². The molecule has 0 spiro atoms. The Bertz CT molecular complexity index is 473. The van der Waals surface area contributed by atoms with E-state index in [0.717, 1.165) is 30.7 Å². The number of hydrogen-bond donors (Lipinski definition) is 0. The molecule has 0 bridgehead atoms. The third-order valence-corrected chi connectivity index (χ3v) is 3.40. The quantitative estimate of drug-likeness (QED) is 0.837. The molecule has 0 atom stereocenters. The topological polar surface area (TPSA) is 51.8 Å². The summed E-state index contributed by atoms with van der Waals surface area (Å²) < 4.78 is 4.92. The fourth-order valence-electron chi connectivity index (χ4n) is 2.00. The molecule has 90 valence electrons. The summed E-state index contributed by atoms with van der Waals surface area (Å²) in [6.07, 6.45) is 7.18. The number of hydrogen-bond acceptors (Lipinski definition) is 4. The Labute approximate surface area is 107 Å². The first-order valence-electron chi connectivity index (χ1n) is 5.56. The molecule has 0 radical (unpaired) electrons. The Morgan fingerprint density at radius 2 is 2.18 bits per heavy atom. The lowest BCUT2D eigenvalue weighted by Gasteiger charge is -2.39. The Morgan fingerprint density at radius 3 is 2.82 bits per heavy atom. The summed E-state index contributed by atoms with van der Waals surface area (Å²) in [5.41, 5.74) is 0. The summed E-state index contributed by atoms with van der Waals surface area (Å²) in [5.74, 6) is 0. The van der Waals surface area contributed by atoms with Gasteiger partial charge in [0.1, 0.15) is 12.7 Å². The third-order valence-electron chi connectivity index (χ3n) is 2.99. The van der Waals surface area contributed by atoms with Crippen molar-refractivity contribution in [3.8, 4) is 0 Å². The first kappa shape index (κ1) is 10.9. The maximum Gasteiger partial charge on any atom is 0.137 e. The monoisotopic (exact) mass is 296 g/mol. The molecular formula is C10H13BrN6. The van der Waals surface area contributed by atoms with Crippen molar-refractivity contribution in [2.24, 2.45) is 0 Å². The lowest BCUT2D eigenvalue weighted by Crippen LogP contribution is -2.48. The van der Waals surface area contributed by atoms with Crippen molar-refractivity contribution in [2.75, 3.05) is 19.6 Å². The Morgan fingerprint density at radius 1 is 1.29 bits per heavy atom. The molecule has 3 rings (SSSR count). The predicted molar refractivity (Wildman–Crippen MR) is 65.4 cm³/mol. The van der Waals surface area contributed by atoms with Crippen molar-refractivity contribution < 1.29 is 0 Å². The van der Waals surface area contributed by atoms with Crippen molar-refractivity contribution >= 4 is 15.9 Å². The first-order chi connectivity index (χ1) is 8.31. The summed E-state index contributed by atoms with van der Waals surface area (Å²) in [5, 5.41) is 8.38. The second-order valence-electron chi connectivity index (χ2n) is 4.21. The standard InChI is InChI=1S/C10H13BrN6/c11-9-3-13-17(4-9)10-5-15(6-10)1-2-16-8-12-7-14-16/h3-4,7-8,10H,1-2,5-6H2. The zero-order chi connectivity index (χ0) is 11.7. The summed E-state index contributed by atoms with van der Waals surface area (Å²) in [4.78, 5) is 6.31. The summed E-state index contributed by atoms with van der Waals surface area (Å²) in [6.45, 7) is 4.03. The van der Waals surface area contributed by atoms with E-state index in [1.165, 1.54) is 0 Å². The molecule has 2 aromatic heterocycles. The number of nitrogens with zero attached hydrogens (tertiary/aromatic N) is 6. The molecule has 0 aliphatic carbocycles. The van der Waals surface area contributed by atoms with Crippen LogP contribution in [-0.2, 0) is 6.54 Å². The maximum atomic E-state index is 4.30. The summed E-state index contributed by atoms with van der Waals surface area (Å²) in [6, 6.07) is 0.511. The van der Waals surface area contributed by atoms with Gasteiger partial charge in [-0.3, -0.25) is 14.3 Å². The van der Waals surface area contributed by atoms with Gasteiger partial charge < -0.3 is 0 Å². The molecule has 1 fully saturated rings. The second-order valence-corrected chi connectivity index (χ2v) is 5.13. The van der Waals surface area contributed by atoms with Gasteiger partial charge in [0.15, 0.2) is 0 Å². The molecule has 7 heteroatoms. The van der Waals surface area contributed by atoms with Gasteiger partial charge in [0.2, 0.25) is 0 Å². The highest BCUT2D eigenvalue weighted by Crippen LogP contribution is 2.21. The Kier molecular flexibility index (Phi) is 2.94. The van der Waals surface area contributed by atoms with Crippen LogP contribution in [0.1, 0.15) is 6.04 Å². The molecule has 3 heterocycles. The average molecular weight is 297 g/mol. The van der Waals surface area contributed by atoms with E-state index in [9.17, 15) is 0 Å². The lowest BCUT2D eigenvalue weighted by atomic mass is 10.1. The molecule has 1 aliphatic heterocycles. The van der Waals surface area contributed by atoms with Crippen LogP contribution in [-0.4, -0.2) is 49.1 Å². The summed E-state index contributed by atoms with van der Waals surface area (Å²) >= 11 is 3.41. The highest BCUT2D eigenvalue weighted by atomic mass is 79.9. The number of likely N-dealkylation sites (tertiary alicyclic amines) is 1. The first-order valence-corrected chi connectivity index (χ1v) is 6.35. The van der Waals surface area contributed by atoms with Crippen LogP contribution in [0.3, 0.4) is 0 Å². The van der Waals surface area contributed by atoms with Crippen molar-refractivity contribution in [1.82, 2.24) is 29.4 Å². The molecular weight excluding hydrogens is 284 g/mol. The van der Waals surface area contributed by atoms with E-state index in [0.29, 0.717) is 6.04 Å². The van der Waals surface area contributed by atoms with E-state index in [4.69, 9.17) is 0 Å². The number of aromatic nitrogens is 5. The van der Waals surface area contributed by atoms with Crippen LogP contribution < -0.4 is 0 Å². The van der Waals surface area contributed by atoms with Gasteiger partial charge in [0, 0.05) is 25.8 Å². The maximum absolute atomic E-state index is 4.30. The zero-order valence-corrected chi connectivity index (χ0v) is 10.9. The van der Waals surface area contributed by atoms with Gasteiger partial charge >= 0.3 is 0 Å². The van der Waals surface area contributed by atoms with Crippen LogP contribution in [0, 0.1) is 0 Å². The predicted octanol–water partition coefficient (Wildman–Crippen LogP) is 0.794. The largest absolute Gasteiger partial charge is 0.297 e.